The number of amides is 1. The fourth-order valence-electron chi connectivity index (χ4n) is 2.50. The number of nitrogens with two attached hydrogens (primary N) is 1. The van der Waals surface area contributed by atoms with Crippen LogP contribution < -0.4 is 16.4 Å². The fourth-order valence-corrected chi connectivity index (χ4v) is 4.29. The van der Waals surface area contributed by atoms with E-state index in [2.05, 4.69) is 21.9 Å². The quantitative estimate of drug-likeness (QED) is 0.778. The summed E-state index contributed by atoms with van der Waals surface area (Å²) < 4.78 is 0. The smallest absolute Gasteiger partial charge is 0.265 e. The molecule has 2 rings (SSSR count). The van der Waals surface area contributed by atoms with Gasteiger partial charge < -0.3 is 16.4 Å². The van der Waals surface area contributed by atoms with Gasteiger partial charge in [0.15, 0.2) is 5.13 Å². The first-order valence-electron chi connectivity index (χ1n) is 6.99. The monoisotopic (exact) mass is 314 g/mol. The number of hydrogen-bond donors (Lipinski definition) is 3. The topological polar surface area (TPSA) is 80.0 Å². The zero-order valence-electron chi connectivity index (χ0n) is 11.9. The molecule has 1 aliphatic carbocycles. The van der Waals surface area contributed by atoms with Crippen LogP contribution in [0.25, 0.3) is 0 Å². The van der Waals surface area contributed by atoms with Gasteiger partial charge in [0.2, 0.25) is 0 Å². The number of rotatable bonds is 5. The normalized spacial score (nSPS) is 22.5. The zero-order chi connectivity index (χ0) is 14.5. The number of nitrogens with one attached hydrogen (secondary N) is 2. The summed E-state index contributed by atoms with van der Waals surface area (Å²) in [5.74, 6) is 0.232. The summed E-state index contributed by atoms with van der Waals surface area (Å²) in [4.78, 5) is 17.0. The highest BCUT2D eigenvalue weighted by Crippen LogP contribution is 2.29. The molecule has 4 N–H and O–H groups in total. The predicted octanol–water partition coefficient (Wildman–Crippen LogP) is 2.56. The molecule has 0 saturated heterocycles. The minimum Gasteiger partial charge on any atom is -0.382 e. The SMILES string of the molecule is CCNc1nc(N)c(C(=O)NC2CCCCC2SC)s1. The number of carbonyl (C=O) groups is 1. The molecule has 20 heavy (non-hydrogen) atoms. The Balaban J connectivity index is 2.03. The van der Waals surface area contributed by atoms with Gasteiger partial charge in [-0.25, -0.2) is 4.98 Å². The highest BCUT2D eigenvalue weighted by molar-refractivity contribution is 7.99. The third kappa shape index (κ3) is 3.58. The molecule has 1 aliphatic rings. The van der Waals surface area contributed by atoms with Crippen LogP contribution in [0.15, 0.2) is 0 Å². The van der Waals surface area contributed by atoms with Gasteiger partial charge in [-0.1, -0.05) is 24.2 Å². The van der Waals surface area contributed by atoms with Crippen LogP contribution in [-0.2, 0) is 0 Å². The van der Waals surface area contributed by atoms with Crippen molar-refractivity contribution in [2.75, 3.05) is 23.9 Å². The second kappa shape index (κ2) is 7.17. The van der Waals surface area contributed by atoms with Crippen LogP contribution in [-0.4, -0.2) is 35.0 Å². The first-order valence-corrected chi connectivity index (χ1v) is 9.10. The fraction of sp³-hybridized carbons (Fsp3) is 0.692. The van der Waals surface area contributed by atoms with Crippen LogP contribution in [0.1, 0.15) is 42.3 Å². The van der Waals surface area contributed by atoms with Crippen molar-refractivity contribution in [1.82, 2.24) is 10.3 Å². The summed E-state index contributed by atoms with van der Waals surface area (Å²) in [7, 11) is 0. The molecule has 0 radical (unpaired) electrons. The third-order valence-corrected chi connectivity index (χ3v) is 5.71. The maximum atomic E-state index is 12.4. The van der Waals surface area contributed by atoms with Gasteiger partial charge in [0, 0.05) is 17.8 Å². The number of nitrogen functional groups attached to an aromatic ring is 1. The predicted molar refractivity (Wildman–Crippen MR) is 87.7 cm³/mol. The lowest BCUT2D eigenvalue weighted by Gasteiger charge is -2.30. The number of carbonyl (C=O) groups excluding carboxylic acids is 1. The first kappa shape index (κ1) is 15.4. The minimum atomic E-state index is -0.0879. The minimum absolute atomic E-state index is 0.0879. The lowest BCUT2D eigenvalue weighted by molar-refractivity contribution is 0.0934. The van der Waals surface area contributed by atoms with Gasteiger partial charge in [0.05, 0.1) is 0 Å². The van der Waals surface area contributed by atoms with E-state index in [1.54, 1.807) is 0 Å². The molecule has 5 nitrogen and oxygen atoms in total. The summed E-state index contributed by atoms with van der Waals surface area (Å²) in [6.45, 7) is 2.76. The van der Waals surface area contributed by atoms with Crippen molar-refractivity contribution in [1.29, 1.82) is 0 Å². The molecule has 112 valence electrons. The number of aromatic nitrogens is 1. The Hall–Kier alpha value is -0.950. The summed E-state index contributed by atoms with van der Waals surface area (Å²) in [5.41, 5.74) is 5.84. The van der Waals surface area contributed by atoms with Gasteiger partial charge in [-0.3, -0.25) is 4.79 Å². The average molecular weight is 314 g/mol. The van der Waals surface area contributed by atoms with Gasteiger partial charge in [-0.05, 0) is 26.0 Å². The van der Waals surface area contributed by atoms with Crippen molar-refractivity contribution in [3.63, 3.8) is 0 Å². The molecule has 1 heterocycles. The van der Waals surface area contributed by atoms with Crippen LogP contribution in [0, 0.1) is 0 Å². The van der Waals surface area contributed by atoms with E-state index in [0.29, 0.717) is 21.1 Å². The number of nitrogens with zero attached hydrogens (tertiary/aromatic N) is 1. The van der Waals surface area contributed by atoms with E-state index in [1.807, 2.05) is 18.7 Å². The van der Waals surface area contributed by atoms with Gasteiger partial charge in [-0.2, -0.15) is 11.8 Å². The van der Waals surface area contributed by atoms with Crippen molar-refractivity contribution in [3.8, 4) is 0 Å². The Labute approximate surface area is 128 Å². The van der Waals surface area contributed by atoms with E-state index in [9.17, 15) is 4.79 Å². The van der Waals surface area contributed by atoms with Gasteiger partial charge in [0.1, 0.15) is 10.7 Å². The summed E-state index contributed by atoms with van der Waals surface area (Å²) >= 11 is 3.16. The zero-order valence-corrected chi connectivity index (χ0v) is 13.6. The Kier molecular flexibility index (Phi) is 5.54. The van der Waals surface area contributed by atoms with Crippen LogP contribution in [0.4, 0.5) is 10.9 Å². The molecular weight excluding hydrogens is 292 g/mol. The standard InChI is InChI=1S/C13H22N4OS2/c1-3-15-13-17-11(14)10(20-13)12(18)16-8-6-4-5-7-9(8)19-2/h8-9H,3-7,14H2,1-2H3,(H,15,17)(H,16,18). The second-order valence-electron chi connectivity index (χ2n) is 4.90. The highest BCUT2D eigenvalue weighted by atomic mass is 32.2. The molecule has 1 aromatic heterocycles. The van der Waals surface area contributed by atoms with Crippen LogP contribution in [0.5, 0.6) is 0 Å². The lowest BCUT2D eigenvalue weighted by atomic mass is 9.95. The molecule has 0 aromatic carbocycles. The van der Waals surface area contributed by atoms with Crippen LogP contribution in [0.3, 0.4) is 0 Å². The summed E-state index contributed by atoms with van der Waals surface area (Å²) in [6.07, 6.45) is 6.77. The van der Waals surface area contributed by atoms with E-state index in [1.165, 1.54) is 30.6 Å². The third-order valence-electron chi connectivity index (χ3n) is 3.51. The Morgan fingerprint density at radius 1 is 1.50 bits per heavy atom. The largest absolute Gasteiger partial charge is 0.382 e. The summed E-state index contributed by atoms with van der Waals surface area (Å²) in [6, 6.07) is 0.246. The molecule has 0 aliphatic heterocycles. The highest BCUT2D eigenvalue weighted by Gasteiger charge is 2.27. The molecule has 1 amide bonds. The van der Waals surface area contributed by atoms with E-state index in [4.69, 9.17) is 5.73 Å². The Bertz CT molecular complexity index is 463. The Morgan fingerprint density at radius 2 is 2.25 bits per heavy atom. The first-order chi connectivity index (χ1) is 9.65. The molecule has 1 aromatic rings. The molecule has 0 bridgehead atoms. The van der Waals surface area contributed by atoms with Crippen molar-refractivity contribution >= 4 is 40.0 Å². The number of thiazole rings is 1. The maximum absolute atomic E-state index is 12.4. The van der Waals surface area contributed by atoms with Crippen molar-refractivity contribution < 1.29 is 4.79 Å². The molecule has 2 unspecified atom stereocenters. The molecule has 7 heteroatoms. The molecule has 1 saturated carbocycles. The maximum Gasteiger partial charge on any atom is 0.265 e. The van der Waals surface area contributed by atoms with Crippen LogP contribution in [0.2, 0.25) is 0 Å². The molecular formula is C13H22N4OS2. The van der Waals surface area contributed by atoms with Gasteiger partial charge >= 0.3 is 0 Å². The van der Waals surface area contributed by atoms with Crippen molar-refractivity contribution in [2.45, 2.75) is 43.9 Å². The van der Waals surface area contributed by atoms with E-state index < -0.39 is 0 Å². The molecule has 2 atom stereocenters. The van der Waals surface area contributed by atoms with E-state index in [-0.39, 0.29) is 11.9 Å². The number of hydrogen-bond acceptors (Lipinski definition) is 6. The van der Waals surface area contributed by atoms with Gasteiger partial charge in [0.25, 0.3) is 5.91 Å². The molecule has 0 spiro atoms. The van der Waals surface area contributed by atoms with E-state index in [0.717, 1.165) is 13.0 Å². The summed E-state index contributed by atoms with van der Waals surface area (Å²) in [5, 5.41) is 7.44. The average Bonchev–Trinajstić information content (AvgIpc) is 2.81. The number of thioether (sulfide) groups is 1. The van der Waals surface area contributed by atoms with E-state index >= 15 is 0 Å². The van der Waals surface area contributed by atoms with Crippen molar-refractivity contribution in [3.05, 3.63) is 4.88 Å². The molecule has 1 fully saturated rings. The Morgan fingerprint density at radius 3 is 2.95 bits per heavy atom. The van der Waals surface area contributed by atoms with Gasteiger partial charge in [-0.15, -0.1) is 0 Å². The number of anilines is 2. The van der Waals surface area contributed by atoms with Crippen molar-refractivity contribution in [2.24, 2.45) is 0 Å². The second-order valence-corrected chi connectivity index (χ2v) is 6.98. The van der Waals surface area contributed by atoms with Crippen LogP contribution >= 0.6 is 23.1 Å². The lowest BCUT2D eigenvalue weighted by Crippen LogP contribution is -2.43.